The zero-order valence-corrected chi connectivity index (χ0v) is 15.3. The molecule has 0 unspecified atom stereocenters. The second-order valence-electron chi connectivity index (χ2n) is 6.17. The Kier molecular flexibility index (Phi) is 5.47. The average Bonchev–Trinajstić information content (AvgIpc) is 3.12. The van der Waals surface area contributed by atoms with Gasteiger partial charge in [-0.2, -0.15) is 12.8 Å². The lowest BCUT2D eigenvalue weighted by Gasteiger charge is -2.22. The molecule has 0 bridgehead atoms. The first-order chi connectivity index (χ1) is 12.3. The number of hydrogen-bond donors (Lipinski definition) is 1. The molecule has 0 spiro atoms. The molecule has 1 heterocycles. The molecule has 3 rings (SSSR count). The van der Waals surface area contributed by atoms with Crippen molar-refractivity contribution in [2.75, 3.05) is 0 Å². The van der Waals surface area contributed by atoms with E-state index in [0.29, 0.717) is 36.3 Å². The van der Waals surface area contributed by atoms with Crippen LogP contribution in [-0.4, -0.2) is 30.7 Å². The number of hydrogen-bond acceptors (Lipinski definition) is 5. The SMILES string of the molecule is O=C(O)C1CCC(C=NS(=O)(=O)c2cnc(-c3ccc(F)cc3)s2)CC1. The van der Waals surface area contributed by atoms with E-state index < -0.39 is 16.0 Å². The Morgan fingerprint density at radius 3 is 2.50 bits per heavy atom. The predicted octanol–water partition coefficient (Wildman–Crippen LogP) is 3.60. The molecule has 1 aromatic heterocycles. The van der Waals surface area contributed by atoms with Crippen molar-refractivity contribution >= 4 is 33.5 Å². The van der Waals surface area contributed by atoms with Gasteiger partial charge in [0, 0.05) is 11.8 Å². The lowest BCUT2D eigenvalue weighted by atomic mass is 9.83. The van der Waals surface area contributed by atoms with Gasteiger partial charge in [0.25, 0.3) is 10.0 Å². The molecular weight excluding hydrogens is 379 g/mol. The highest BCUT2D eigenvalue weighted by Gasteiger charge is 2.26. The summed E-state index contributed by atoms with van der Waals surface area (Å²) in [5.74, 6) is -1.56. The molecule has 1 fully saturated rings. The van der Waals surface area contributed by atoms with Crippen molar-refractivity contribution in [1.82, 2.24) is 4.98 Å². The first-order valence-electron chi connectivity index (χ1n) is 8.10. The maximum absolute atomic E-state index is 13.0. The number of carboxylic acid groups (broad SMARTS) is 1. The normalized spacial score (nSPS) is 21.1. The fourth-order valence-corrected chi connectivity index (χ4v) is 4.90. The minimum Gasteiger partial charge on any atom is -0.481 e. The van der Waals surface area contributed by atoms with Gasteiger partial charge in [0.05, 0.1) is 12.1 Å². The van der Waals surface area contributed by atoms with Crippen LogP contribution in [0.15, 0.2) is 39.1 Å². The highest BCUT2D eigenvalue weighted by atomic mass is 32.2. The van der Waals surface area contributed by atoms with E-state index in [1.54, 1.807) is 0 Å². The Morgan fingerprint density at radius 1 is 1.23 bits per heavy atom. The Bertz CT molecular complexity index is 914. The van der Waals surface area contributed by atoms with Crippen LogP contribution >= 0.6 is 11.3 Å². The second kappa shape index (κ2) is 7.63. The number of benzene rings is 1. The van der Waals surface area contributed by atoms with Gasteiger partial charge in [-0.15, -0.1) is 11.3 Å². The number of carbonyl (C=O) groups is 1. The third-order valence-corrected chi connectivity index (χ3v) is 7.10. The molecule has 26 heavy (non-hydrogen) atoms. The predicted molar refractivity (Wildman–Crippen MR) is 96.3 cm³/mol. The van der Waals surface area contributed by atoms with Crippen molar-refractivity contribution in [3.05, 3.63) is 36.3 Å². The van der Waals surface area contributed by atoms with Crippen molar-refractivity contribution in [3.8, 4) is 10.6 Å². The van der Waals surface area contributed by atoms with Crippen molar-refractivity contribution in [2.24, 2.45) is 16.2 Å². The van der Waals surface area contributed by atoms with Gasteiger partial charge in [0.2, 0.25) is 0 Å². The van der Waals surface area contributed by atoms with Gasteiger partial charge >= 0.3 is 5.97 Å². The van der Waals surface area contributed by atoms with E-state index in [1.165, 1.54) is 36.7 Å². The highest BCUT2D eigenvalue weighted by molar-refractivity contribution is 7.92. The molecule has 0 radical (unpaired) electrons. The first-order valence-corrected chi connectivity index (χ1v) is 10.4. The molecule has 0 saturated heterocycles. The highest BCUT2D eigenvalue weighted by Crippen LogP contribution is 2.30. The number of thiazole rings is 1. The standard InChI is InChI=1S/C17H17FN2O4S2/c18-14-7-5-12(6-8-14)16-19-10-15(25-16)26(23,24)20-9-11-1-3-13(4-2-11)17(21)22/h5-11,13H,1-4H2,(H,21,22). The molecule has 0 atom stereocenters. The van der Waals surface area contributed by atoms with Crippen molar-refractivity contribution < 1.29 is 22.7 Å². The van der Waals surface area contributed by atoms with Crippen LogP contribution in [0.3, 0.4) is 0 Å². The summed E-state index contributed by atoms with van der Waals surface area (Å²) in [4.78, 5) is 15.0. The van der Waals surface area contributed by atoms with Crippen LogP contribution in [0.5, 0.6) is 0 Å². The summed E-state index contributed by atoms with van der Waals surface area (Å²) in [6, 6.07) is 5.65. The number of nitrogens with zero attached hydrogens (tertiary/aromatic N) is 2. The zero-order valence-electron chi connectivity index (χ0n) is 13.7. The van der Waals surface area contributed by atoms with Crippen LogP contribution in [0.25, 0.3) is 10.6 Å². The summed E-state index contributed by atoms with van der Waals surface area (Å²) in [7, 11) is -3.85. The maximum atomic E-state index is 13.0. The fourth-order valence-electron chi connectivity index (χ4n) is 2.84. The Labute approximate surface area is 154 Å². The molecule has 1 aliphatic carbocycles. The van der Waals surface area contributed by atoms with E-state index in [-0.39, 0.29) is 21.9 Å². The number of sulfonamides is 1. The van der Waals surface area contributed by atoms with E-state index in [0.717, 1.165) is 11.3 Å². The third-order valence-electron chi connectivity index (χ3n) is 4.36. The summed E-state index contributed by atoms with van der Waals surface area (Å²) in [6.45, 7) is 0. The first kappa shape index (κ1) is 18.7. The van der Waals surface area contributed by atoms with E-state index >= 15 is 0 Å². The molecule has 0 amide bonds. The lowest BCUT2D eigenvalue weighted by Crippen LogP contribution is -2.22. The third kappa shape index (κ3) is 4.34. The quantitative estimate of drug-likeness (QED) is 0.779. The van der Waals surface area contributed by atoms with Gasteiger partial charge in [0.15, 0.2) is 4.21 Å². The summed E-state index contributed by atoms with van der Waals surface area (Å²) in [5, 5.41) is 9.46. The Hall–Kier alpha value is -2.13. The van der Waals surface area contributed by atoms with Crippen molar-refractivity contribution in [3.63, 3.8) is 0 Å². The molecule has 1 N–H and O–H groups in total. The van der Waals surface area contributed by atoms with Gasteiger partial charge in [-0.05, 0) is 55.9 Å². The second-order valence-corrected chi connectivity index (χ2v) is 9.06. The number of halogens is 1. The number of rotatable bonds is 5. The minimum absolute atomic E-state index is 0.0206. The lowest BCUT2D eigenvalue weighted by molar-refractivity contribution is -0.142. The summed E-state index contributed by atoms with van der Waals surface area (Å²) in [6.07, 6.45) is 4.93. The molecule has 6 nitrogen and oxygen atoms in total. The Morgan fingerprint density at radius 2 is 1.88 bits per heavy atom. The Balaban J connectivity index is 1.69. The summed E-state index contributed by atoms with van der Waals surface area (Å²) in [5.41, 5.74) is 0.633. The zero-order chi connectivity index (χ0) is 18.7. The smallest absolute Gasteiger partial charge is 0.306 e. The van der Waals surface area contributed by atoms with E-state index in [1.807, 2.05) is 0 Å². The van der Waals surface area contributed by atoms with Crippen molar-refractivity contribution in [1.29, 1.82) is 0 Å². The van der Waals surface area contributed by atoms with Crippen LogP contribution in [0.4, 0.5) is 4.39 Å². The number of carboxylic acids is 1. The summed E-state index contributed by atoms with van der Waals surface area (Å²) < 4.78 is 41.5. The molecule has 1 aromatic carbocycles. The fraction of sp³-hybridized carbons (Fsp3) is 0.353. The van der Waals surface area contributed by atoms with Crippen molar-refractivity contribution in [2.45, 2.75) is 29.9 Å². The van der Waals surface area contributed by atoms with Gasteiger partial charge in [-0.3, -0.25) is 4.79 Å². The van der Waals surface area contributed by atoms with E-state index in [9.17, 15) is 17.6 Å². The monoisotopic (exact) mass is 396 g/mol. The van der Waals surface area contributed by atoms with Crippen LogP contribution in [0.2, 0.25) is 0 Å². The minimum atomic E-state index is -3.85. The van der Waals surface area contributed by atoms with Gasteiger partial charge < -0.3 is 5.11 Å². The largest absolute Gasteiger partial charge is 0.481 e. The van der Waals surface area contributed by atoms with Crippen LogP contribution in [-0.2, 0) is 14.8 Å². The molecule has 1 saturated carbocycles. The molecule has 0 aliphatic heterocycles. The van der Waals surface area contributed by atoms with Crippen LogP contribution in [0, 0.1) is 17.7 Å². The molecule has 2 aromatic rings. The molecular formula is C17H17FN2O4S2. The molecule has 9 heteroatoms. The topological polar surface area (TPSA) is 96.7 Å². The van der Waals surface area contributed by atoms with Crippen LogP contribution in [0.1, 0.15) is 25.7 Å². The van der Waals surface area contributed by atoms with E-state index in [4.69, 9.17) is 5.11 Å². The number of aliphatic carboxylic acids is 1. The van der Waals surface area contributed by atoms with Gasteiger partial charge in [0.1, 0.15) is 10.8 Å². The summed E-state index contributed by atoms with van der Waals surface area (Å²) >= 11 is 0.977. The average molecular weight is 396 g/mol. The maximum Gasteiger partial charge on any atom is 0.306 e. The van der Waals surface area contributed by atoms with Crippen LogP contribution < -0.4 is 0 Å². The molecule has 1 aliphatic rings. The van der Waals surface area contributed by atoms with Gasteiger partial charge in [-0.25, -0.2) is 9.37 Å². The molecule has 138 valence electrons. The van der Waals surface area contributed by atoms with Gasteiger partial charge in [-0.1, -0.05) is 0 Å². The van der Waals surface area contributed by atoms with E-state index in [2.05, 4.69) is 9.38 Å². The number of aromatic nitrogens is 1.